The van der Waals surface area contributed by atoms with Crippen LogP contribution in [0.4, 0.5) is 10.5 Å². The Hall–Kier alpha value is -3.02. The van der Waals surface area contributed by atoms with E-state index in [2.05, 4.69) is 15.5 Å². The molecule has 3 amide bonds. The van der Waals surface area contributed by atoms with Crippen molar-refractivity contribution in [3.8, 4) is 0 Å². The van der Waals surface area contributed by atoms with Gasteiger partial charge in [-0.05, 0) is 30.5 Å². The number of hydrogen-bond acceptors (Lipinski definition) is 3. The van der Waals surface area contributed by atoms with Crippen molar-refractivity contribution in [2.45, 2.75) is 24.9 Å². The number of amides is 3. The molecule has 2 aromatic rings. The van der Waals surface area contributed by atoms with Crippen molar-refractivity contribution in [3.05, 3.63) is 66.2 Å². The van der Waals surface area contributed by atoms with Gasteiger partial charge in [-0.2, -0.15) is 0 Å². The molecule has 27 heavy (non-hydrogen) atoms. The number of anilines is 1. The lowest BCUT2D eigenvalue weighted by Crippen LogP contribution is -2.58. The molecule has 0 aromatic heterocycles. The summed E-state index contributed by atoms with van der Waals surface area (Å²) in [4.78, 5) is 29.1. The van der Waals surface area contributed by atoms with Crippen LogP contribution in [0.25, 0.3) is 0 Å². The largest absolute Gasteiger partial charge is 0.339 e. The summed E-state index contributed by atoms with van der Waals surface area (Å²) in [5, 5.41) is 5.96. The summed E-state index contributed by atoms with van der Waals surface area (Å²) in [7, 11) is 0. The van der Waals surface area contributed by atoms with E-state index in [4.69, 9.17) is 0 Å². The molecular weight excluding hydrogens is 340 g/mol. The molecule has 0 bridgehead atoms. The molecule has 2 aliphatic heterocycles. The quantitative estimate of drug-likeness (QED) is 0.879. The zero-order chi connectivity index (χ0) is 18.7. The number of carbonyl (C=O) groups is 2. The van der Waals surface area contributed by atoms with Crippen molar-refractivity contribution in [1.29, 1.82) is 0 Å². The molecule has 2 N–H and O–H groups in total. The molecule has 2 saturated heterocycles. The summed E-state index contributed by atoms with van der Waals surface area (Å²) in [6, 6.07) is 19.8. The average molecular weight is 364 g/mol. The summed E-state index contributed by atoms with van der Waals surface area (Å²) in [5.41, 5.74) is 1.56. The zero-order valence-corrected chi connectivity index (χ0v) is 15.2. The number of likely N-dealkylation sites (tertiary alicyclic amines) is 1. The van der Waals surface area contributed by atoms with Crippen LogP contribution in [0.2, 0.25) is 0 Å². The smallest absolute Gasteiger partial charge is 0.317 e. The highest BCUT2D eigenvalue weighted by atomic mass is 16.2. The Kier molecular flexibility index (Phi) is 4.71. The Morgan fingerprint density at radius 1 is 1.00 bits per heavy atom. The summed E-state index contributed by atoms with van der Waals surface area (Å²) in [6.07, 6.45) is 1.26. The first-order valence-corrected chi connectivity index (χ1v) is 9.37. The van der Waals surface area contributed by atoms with Gasteiger partial charge in [-0.3, -0.25) is 4.79 Å². The first kappa shape index (κ1) is 17.4. The highest BCUT2D eigenvalue weighted by molar-refractivity contribution is 5.93. The van der Waals surface area contributed by atoms with Crippen molar-refractivity contribution in [3.63, 3.8) is 0 Å². The van der Waals surface area contributed by atoms with Crippen molar-refractivity contribution >= 4 is 17.6 Å². The molecule has 2 fully saturated rings. The molecule has 6 nitrogen and oxygen atoms in total. The van der Waals surface area contributed by atoms with Gasteiger partial charge in [-0.25, -0.2) is 4.79 Å². The Bertz CT molecular complexity index is 801. The van der Waals surface area contributed by atoms with Crippen molar-refractivity contribution in [2.24, 2.45) is 0 Å². The van der Waals surface area contributed by atoms with E-state index in [1.807, 2.05) is 65.6 Å². The molecule has 140 valence electrons. The summed E-state index contributed by atoms with van der Waals surface area (Å²) in [5.74, 6) is 0.0655. The van der Waals surface area contributed by atoms with Crippen LogP contribution in [0.5, 0.6) is 0 Å². The molecule has 0 radical (unpaired) electrons. The average Bonchev–Trinajstić information content (AvgIpc) is 3.04. The Morgan fingerprint density at radius 3 is 2.30 bits per heavy atom. The molecule has 0 atom stereocenters. The van der Waals surface area contributed by atoms with Crippen LogP contribution >= 0.6 is 0 Å². The number of urea groups is 1. The molecule has 2 heterocycles. The second-order valence-corrected chi connectivity index (χ2v) is 7.09. The van der Waals surface area contributed by atoms with Gasteiger partial charge in [0.05, 0.1) is 6.67 Å². The van der Waals surface area contributed by atoms with Crippen molar-refractivity contribution in [1.82, 2.24) is 15.5 Å². The maximum absolute atomic E-state index is 12.7. The predicted octanol–water partition coefficient (Wildman–Crippen LogP) is 2.32. The Balaban J connectivity index is 1.40. The third kappa shape index (κ3) is 3.35. The Labute approximate surface area is 159 Å². The number of benzene rings is 2. The SMILES string of the molecule is O=C(NCc1ccccc1)N1CCC2(CC1)C(=O)NCN2c1ccccc1. The monoisotopic (exact) mass is 364 g/mol. The van der Waals surface area contributed by atoms with E-state index in [0.29, 0.717) is 39.1 Å². The fourth-order valence-electron chi connectivity index (χ4n) is 4.00. The minimum atomic E-state index is -0.558. The highest BCUT2D eigenvalue weighted by Crippen LogP contribution is 2.36. The number of piperidine rings is 1. The normalized spacial score (nSPS) is 18.4. The topological polar surface area (TPSA) is 64.7 Å². The van der Waals surface area contributed by atoms with Crippen LogP contribution in [0.15, 0.2) is 60.7 Å². The lowest BCUT2D eigenvalue weighted by Gasteiger charge is -2.43. The zero-order valence-electron chi connectivity index (χ0n) is 15.2. The van der Waals surface area contributed by atoms with Crippen molar-refractivity contribution in [2.75, 3.05) is 24.7 Å². The molecule has 2 aliphatic rings. The molecule has 1 spiro atoms. The van der Waals surface area contributed by atoms with Crippen LogP contribution in [-0.4, -0.2) is 42.1 Å². The molecule has 4 rings (SSSR count). The van der Waals surface area contributed by atoms with E-state index in [1.165, 1.54) is 0 Å². The molecule has 2 aromatic carbocycles. The molecule has 0 aliphatic carbocycles. The van der Waals surface area contributed by atoms with Crippen molar-refractivity contribution < 1.29 is 9.59 Å². The predicted molar refractivity (Wildman–Crippen MR) is 104 cm³/mol. The van der Waals surface area contributed by atoms with Crippen LogP contribution < -0.4 is 15.5 Å². The van der Waals surface area contributed by atoms with Crippen LogP contribution in [0, 0.1) is 0 Å². The van der Waals surface area contributed by atoms with E-state index < -0.39 is 5.54 Å². The minimum Gasteiger partial charge on any atom is -0.339 e. The summed E-state index contributed by atoms with van der Waals surface area (Å²) >= 11 is 0. The minimum absolute atomic E-state index is 0.0655. The Morgan fingerprint density at radius 2 is 1.63 bits per heavy atom. The number of nitrogens with zero attached hydrogens (tertiary/aromatic N) is 2. The van der Waals surface area contributed by atoms with Gasteiger partial charge in [-0.1, -0.05) is 48.5 Å². The van der Waals surface area contributed by atoms with Gasteiger partial charge in [0.1, 0.15) is 5.54 Å². The molecule has 0 unspecified atom stereocenters. The second kappa shape index (κ2) is 7.31. The first-order chi connectivity index (χ1) is 13.2. The highest BCUT2D eigenvalue weighted by Gasteiger charge is 2.50. The lowest BCUT2D eigenvalue weighted by molar-refractivity contribution is -0.124. The van der Waals surface area contributed by atoms with Gasteiger partial charge in [0.25, 0.3) is 0 Å². The molecule has 6 heteroatoms. The van der Waals surface area contributed by atoms with Crippen LogP contribution in [0.3, 0.4) is 0 Å². The maximum atomic E-state index is 12.7. The van der Waals surface area contributed by atoms with E-state index in [-0.39, 0.29) is 11.9 Å². The van der Waals surface area contributed by atoms with E-state index in [9.17, 15) is 9.59 Å². The third-order valence-electron chi connectivity index (χ3n) is 5.57. The summed E-state index contributed by atoms with van der Waals surface area (Å²) in [6.45, 7) is 2.16. The van der Waals surface area contributed by atoms with Gasteiger partial charge in [0.2, 0.25) is 5.91 Å². The van der Waals surface area contributed by atoms with Gasteiger partial charge in [0, 0.05) is 25.3 Å². The van der Waals surface area contributed by atoms with Gasteiger partial charge < -0.3 is 20.4 Å². The number of nitrogens with one attached hydrogen (secondary N) is 2. The standard InChI is InChI=1S/C21H24N4O2/c26-19-21(25(16-23-19)18-9-5-2-6-10-18)11-13-24(14-12-21)20(27)22-15-17-7-3-1-4-8-17/h1-10H,11-16H2,(H,22,27)(H,23,26). The second-order valence-electron chi connectivity index (χ2n) is 7.09. The van der Waals surface area contributed by atoms with Gasteiger partial charge in [0.15, 0.2) is 0 Å². The van der Waals surface area contributed by atoms with Gasteiger partial charge >= 0.3 is 6.03 Å². The lowest BCUT2D eigenvalue weighted by atomic mass is 9.85. The molecular formula is C21H24N4O2. The van der Waals surface area contributed by atoms with Gasteiger partial charge in [-0.15, -0.1) is 0 Å². The third-order valence-corrected chi connectivity index (χ3v) is 5.57. The van der Waals surface area contributed by atoms with E-state index in [1.54, 1.807) is 0 Å². The molecule has 0 saturated carbocycles. The van der Waals surface area contributed by atoms with Crippen LogP contribution in [0.1, 0.15) is 18.4 Å². The number of rotatable bonds is 3. The first-order valence-electron chi connectivity index (χ1n) is 9.37. The number of carbonyl (C=O) groups excluding carboxylic acids is 2. The summed E-state index contributed by atoms with van der Waals surface area (Å²) < 4.78 is 0. The fraction of sp³-hybridized carbons (Fsp3) is 0.333. The van der Waals surface area contributed by atoms with Crippen LogP contribution in [-0.2, 0) is 11.3 Å². The maximum Gasteiger partial charge on any atom is 0.317 e. The van der Waals surface area contributed by atoms with E-state index in [0.717, 1.165) is 11.3 Å². The number of hydrogen-bond donors (Lipinski definition) is 2. The fourth-order valence-corrected chi connectivity index (χ4v) is 4.00. The van der Waals surface area contributed by atoms with E-state index >= 15 is 0 Å². The number of para-hydroxylation sites is 1.